The average molecular weight is 226 g/mol. The largest absolute Gasteiger partial charge is 0.466 e. The molecule has 1 amide bonds. The Morgan fingerprint density at radius 1 is 1.44 bits per heavy atom. The lowest BCUT2D eigenvalue weighted by Crippen LogP contribution is -2.36. The minimum absolute atomic E-state index is 0.151. The van der Waals surface area contributed by atoms with E-state index < -0.39 is 5.97 Å². The summed E-state index contributed by atoms with van der Waals surface area (Å²) in [5.74, 6) is -0.811. The Labute approximate surface area is 95.2 Å². The lowest BCUT2D eigenvalue weighted by atomic mass is 10.2. The first-order valence-corrected chi connectivity index (χ1v) is 5.43. The van der Waals surface area contributed by atoms with Gasteiger partial charge in [0.15, 0.2) is 0 Å². The molecule has 0 aromatic heterocycles. The zero-order valence-electron chi connectivity index (χ0n) is 9.52. The number of primary amides is 1. The summed E-state index contributed by atoms with van der Waals surface area (Å²) in [6.45, 7) is 0.151. The van der Waals surface area contributed by atoms with Crippen molar-refractivity contribution in [3.8, 4) is 0 Å². The second kappa shape index (κ2) is 6.15. The molecule has 16 heavy (non-hydrogen) atoms. The highest BCUT2D eigenvalue weighted by Gasteiger charge is 2.21. The number of nitrogens with two attached hydrogens (primary N) is 1. The Hall–Kier alpha value is -1.52. The highest BCUT2D eigenvalue weighted by molar-refractivity contribution is 5.82. The highest BCUT2D eigenvalue weighted by atomic mass is 16.5. The zero-order valence-corrected chi connectivity index (χ0v) is 9.52. The number of hydrogen-bond donors (Lipinski definition) is 1. The van der Waals surface area contributed by atoms with Crippen molar-refractivity contribution in [3.05, 3.63) is 12.3 Å². The van der Waals surface area contributed by atoms with Gasteiger partial charge in [0, 0.05) is 18.3 Å². The summed E-state index contributed by atoms with van der Waals surface area (Å²) in [5.41, 5.74) is 5.17. The van der Waals surface area contributed by atoms with E-state index in [1.807, 2.05) is 4.90 Å². The maximum atomic E-state index is 11.0. The predicted octanol–water partition coefficient (Wildman–Crippen LogP) is 0.403. The van der Waals surface area contributed by atoms with Crippen molar-refractivity contribution in [2.75, 3.05) is 13.7 Å². The molecular weight excluding hydrogens is 208 g/mol. The van der Waals surface area contributed by atoms with Crippen molar-refractivity contribution >= 4 is 11.9 Å². The number of amides is 1. The molecule has 0 aromatic rings. The molecule has 0 aliphatic heterocycles. The van der Waals surface area contributed by atoms with E-state index in [1.165, 1.54) is 13.2 Å². The molecule has 1 fully saturated rings. The first kappa shape index (κ1) is 12.5. The molecule has 1 rings (SSSR count). The lowest BCUT2D eigenvalue weighted by Gasteiger charge is -2.25. The van der Waals surface area contributed by atoms with Crippen LogP contribution in [0.2, 0.25) is 0 Å². The fourth-order valence-electron chi connectivity index (χ4n) is 1.94. The minimum atomic E-state index is -0.424. The second-order valence-electron chi connectivity index (χ2n) is 3.92. The Morgan fingerprint density at radius 2 is 2.06 bits per heavy atom. The van der Waals surface area contributed by atoms with Gasteiger partial charge in [-0.3, -0.25) is 4.79 Å². The van der Waals surface area contributed by atoms with Gasteiger partial charge in [-0.1, -0.05) is 12.8 Å². The van der Waals surface area contributed by atoms with Gasteiger partial charge in [0.1, 0.15) is 0 Å². The number of ether oxygens (including phenoxy) is 1. The summed E-state index contributed by atoms with van der Waals surface area (Å²) in [6, 6.07) is 0.313. The third kappa shape index (κ3) is 3.92. The van der Waals surface area contributed by atoms with E-state index in [0.29, 0.717) is 6.04 Å². The molecule has 0 bridgehead atoms. The predicted molar refractivity (Wildman–Crippen MR) is 59.3 cm³/mol. The second-order valence-corrected chi connectivity index (χ2v) is 3.92. The molecule has 1 saturated carbocycles. The van der Waals surface area contributed by atoms with Gasteiger partial charge in [-0.2, -0.15) is 0 Å². The topological polar surface area (TPSA) is 72.6 Å². The van der Waals surface area contributed by atoms with Crippen molar-refractivity contribution in [2.45, 2.75) is 31.7 Å². The molecule has 1 aliphatic rings. The van der Waals surface area contributed by atoms with Gasteiger partial charge < -0.3 is 15.4 Å². The van der Waals surface area contributed by atoms with Crippen molar-refractivity contribution in [1.29, 1.82) is 0 Å². The third-order valence-corrected chi connectivity index (χ3v) is 2.74. The molecule has 0 aromatic carbocycles. The van der Waals surface area contributed by atoms with Crippen LogP contribution in [0.5, 0.6) is 0 Å². The van der Waals surface area contributed by atoms with Crippen molar-refractivity contribution in [1.82, 2.24) is 4.90 Å². The molecule has 0 atom stereocenters. The molecule has 5 heteroatoms. The molecule has 0 spiro atoms. The quantitative estimate of drug-likeness (QED) is 0.544. The number of esters is 1. The maximum absolute atomic E-state index is 11.0. The Balaban J connectivity index is 2.59. The van der Waals surface area contributed by atoms with Gasteiger partial charge in [-0.15, -0.1) is 0 Å². The third-order valence-electron chi connectivity index (χ3n) is 2.74. The molecule has 5 nitrogen and oxygen atoms in total. The van der Waals surface area contributed by atoms with E-state index in [-0.39, 0.29) is 12.5 Å². The van der Waals surface area contributed by atoms with Crippen LogP contribution in [0.1, 0.15) is 25.7 Å². The Kier molecular flexibility index (Phi) is 4.82. The van der Waals surface area contributed by atoms with Gasteiger partial charge in [0.05, 0.1) is 13.7 Å². The van der Waals surface area contributed by atoms with Crippen LogP contribution in [0.3, 0.4) is 0 Å². The van der Waals surface area contributed by atoms with E-state index in [1.54, 1.807) is 6.20 Å². The van der Waals surface area contributed by atoms with Crippen LogP contribution in [-0.4, -0.2) is 36.5 Å². The smallest absolute Gasteiger partial charge is 0.331 e. The van der Waals surface area contributed by atoms with Crippen molar-refractivity contribution in [3.63, 3.8) is 0 Å². The molecule has 0 heterocycles. The minimum Gasteiger partial charge on any atom is -0.466 e. The number of hydrogen-bond acceptors (Lipinski definition) is 4. The fraction of sp³-hybridized carbons (Fsp3) is 0.636. The molecular formula is C11H18N2O3. The Morgan fingerprint density at radius 3 is 2.56 bits per heavy atom. The summed E-state index contributed by atoms with van der Waals surface area (Å²) in [4.78, 5) is 23.7. The lowest BCUT2D eigenvalue weighted by molar-refractivity contribution is -0.135. The van der Waals surface area contributed by atoms with E-state index in [4.69, 9.17) is 5.73 Å². The van der Waals surface area contributed by atoms with E-state index in [0.717, 1.165) is 25.7 Å². The normalized spacial score (nSPS) is 16.6. The number of methoxy groups -OCH3 is 1. The van der Waals surface area contributed by atoms with Gasteiger partial charge in [-0.05, 0) is 12.8 Å². The SMILES string of the molecule is COC(=O)C=CN(CC(N)=O)C1CCCC1. The number of rotatable bonds is 5. The van der Waals surface area contributed by atoms with Crippen molar-refractivity contribution in [2.24, 2.45) is 5.73 Å². The molecule has 0 saturated heterocycles. The van der Waals surface area contributed by atoms with Crippen LogP contribution in [0, 0.1) is 0 Å². The number of carbonyl (C=O) groups excluding carboxylic acids is 2. The van der Waals surface area contributed by atoms with Gasteiger partial charge in [-0.25, -0.2) is 4.79 Å². The summed E-state index contributed by atoms with van der Waals surface area (Å²) in [5, 5.41) is 0. The Bertz CT molecular complexity index is 283. The van der Waals surface area contributed by atoms with E-state index in [2.05, 4.69) is 4.74 Å². The van der Waals surface area contributed by atoms with Crippen molar-refractivity contribution < 1.29 is 14.3 Å². The summed E-state index contributed by atoms with van der Waals surface area (Å²) >= 11 is 0. The fourth-order valence-corrected chi connectivity index (χ4v) is 1.94. The average Bonchev–Trinajstić information content (AvgIpc) is 2.76. The van der Waals surface area contributed by atoms with Crippen LogP contribution >= 0.6 is 0 Å². The molecule has 0 radical (unpaired) electrons. The van der Waals surface area contributed by atoms with E-state index >= 15 is 0 Å². The van der Waals surface area contributed by atoms with Gasteiger partial charge in [0.25, 0.3) is 0 Å². The molecule has 0 unspecified atom stereocenters. The monoisotopic (exact) mass is 226 g/mol. The number of nitrogens with zero attached hydrogens (tertiary/aromatic N) is 1. The van der Waals surface area contributed by atoms with Crippen LogP contribution < -0.4 is 5.73 Å². The number of carbonyl (C=O) groups is 2. The van der Waals surface area contributed by atoms with E-state index in [9.17, 15) is 9.59 Å². The van der Waals surface area contributed by atoms with Crippen LogP contribution in [0.4, 0.5) is 0 Å². The highest BCUT2D eigenvalue weighted by Crippen LogP contribution is 2.23. The first-order chi connectivity index (χ1) is 7.63. The molecule has 2 N–H and O–H groups in total. The van der Waals surface area contributed by atoms with Crippen LogP contribution in [-0.2, 0) is 14.3 Å². The first-order valence-electron chi connectivity index (χ1n) is 5.43. The van der Waals surface area contributed by atoms with Crippen LogP contribution in [0.25, 0.3) is 0 Å². The summed E-state index contributed by atoms with van der Waals surface area (Å²) < 4.78 is 4.50. The van der Waals surface area contributed by atoms with Gasteiger partial charge in [0.2, 0.25) is 5.91 Å². The standard InChI is InChI=1S/C11H18N2O3/c1-16-11(15)6-7-13(8-10(12)14)9-4-2-3-5-9/h6-7,9H,2-5,8H2,1H3,(H2,12,14). The molecule has 90 valence electrons. The molecule has 1 aliphatic carbocycles. The van der Waals surface area contributed by atoms with Gasteiger partial charge >= 0.3 is 5.97 Å². The van der Waals surface area contributed by atoms with Crippen LogP contribution in [0.15, 0.2) is 12.3 Å². The summed E-state index contributed by atoms with van der Waals surface area (Å²) in [6.07, 6.45) is 7.32. The zero-order chi connectivity index (χ0) is 12.0. The summed E-state index contributed by atoms with van der Waals surface area (Å²) in [7, 11) is 1.32. The maximum Gasteiger partial charge on any atom is 0.331 e.